The number of hydrogen-bond acceptors (Lipinski definition) is 3. The van der Waals surface area contributed by atoms with Crippen LogP contribution in [0.2, 0.25) is 0 Å². The Bertz CT molecular complexity index is 444. The van der Waals surface area contributed by atoms with Crippen molar-refractivity contribution in [2.24, 2.45) is 0 Å². The standard InChI is InChI=1S/C12H13NO3S/c1-17-9-4-2-8(3-5-9)13-10(12(15)16)6-7-11(13)14/h2-5,10H,6-7H2,1H3,(H,15,16)/t10-/m0/s1. The minimum absolute atomic E-state index is 0.116. The summed E-state index contributed by atoms with van der Waals surface area (Å²) in [5, 5.41) is 9.07. The van der Waals surface area contributed by atoms with Gasteiger partial charge in [-0.05, 0) is 36.9 Å². The molecule has 90 valence electrons. The number of carbonyl (C=O) groups excluding carboxylic acids is 1. The number of anilines is 1. The first kappa shape index (κ1) is 12.0. The number of aliphatic carboxylic acids is 1. The molecular weight excluding hydrogens is 238 g/mol. The van der Waals surface area contributed by atoms with Crippen LogP contribution in [0.15, 0.2) is 29.2 Å². The number of amides is 1. The highest BCUT2D eigenvalue weighted by atomic mass is 32.2. The second kappa shape index (κ2) is 4.79. The van der Waals surface area contributed by atoms with E-state index < -0.39 is 12.0 Å². The van der Waals surface area contributed by atoms with Gasteiger partial charge in [-0.1, -0.05) is 0 Å². The molecule has 4 nitrogen and oxygen atoms in total. The average Bonchev–Trinajstić information content (AvgIpc) is 2.71. The number of thioether (sulfide) groups is 1. The predicted octanol–water partition coefficient (Wildman–Crippen LogP) is 1.99. The molecule has 0 spiro atoms. The van der Waals surface area contributed by atoms with Gasteiger partial charge in [0, 0.05) is 17.0 Å². The van der Waals surface area contributed by atoms with Crippen LogP contribution in [0.1, 0.15) is 12.8 Å². The lowest BCUT2D eigenvalue weighted by molar-refractivity contribution is -0.138. The zero-order valence-corrected chi connectivity index (χ0v) is 10.2. The molecule has 1 heterocycles. The van der Waals surface area contributed by atoms with Gasteiger partial charge >= 0.3 is 5.97 Å². The molecule has 5 heteroatoms. The molecule has 0 aliphatic carbocycles. The molecule has 2 rings (SSSR count). The van der Waals surface area contributed by atoms with E-state index in [2.05, 4.69) is 0 Å². The summed E-state index contributed by atoms with van der Waals surface area (Å²) in [6.45, 7) is 0. The predicted molar refractivity (Wildman–Crippen MR) is 66.4 cm³/mol. The van der Waals surface area contributed by atoms with Crippen LogP contribution in [0.3, 0.4) is 0 Å². The van der Waals surface area contributed by atoms with Crippen LogP contribution in [0.4, 0.5) is 5.69 Å². The third-order valence-corrected chi connectivity index (χ3v) is 3.59. The van der Waals surface area contributed by atoms with Crippen LogP contribution in [-0.2, 0) is 9.59 Å². The molecule has 1 aromatic rings. The minimum Gasteiger partial charge on any atom is -0.480 e. The van der Waals surface area contributed by atoms with Crippen molar-refractivity contribution in [2.75, 3.05) is 11.2 Å². The topological polar surface area (TPSA) is 57.6 Å². The van der Waals surface area contributed by atoms with Gasteiger partial charge in [-0.15, -0.1) is 11.8 Å². The number of carbonyl (C=O) groups is 2. The highest BCUT2D eigenvalue weighted by Gasteiger charge is 2.36. The Labute approximate surface area is 104 Å². The normalized spacial score (nSPS) is 19.7. The number of nitrogens with zero attached hydrogens (tertiary/aromatic N) is 1. The lowest BCUT2D eigenvalue weighted by Gasteiger charge is -2.21. The van der Waals surface area contributed by atoms with Crippen molar-refractivity contribution in [1.29, 1.82) is 0 Å². The van der Waals surface area contributed by atoms with Crippen molar-refractivity contribution in [3.05, 3.63) is 24.3 Å². The fourth-order valence-electron chi connectivity index (χ4n) is 1.98. The molecule has 1 aromatic carbocycles. The number of hydrogen-bond donors (Lipinski definition) is 1. The first-order valence-electron chi connectivity index (χ1n) is 5.32. The summed E-state index contributed by atoms with van der Waals surface area (Å²) < 4.78 is 0. The quantitative estimate of drug-likeness (QED) is 0.835. The van der Waals surface area contributed by atoms with Gasteiger partial charge < -0.3 is 5.11 Å². The molecule has 17 heavy (non-hydrogen) atoms. The lowest BCUT2D eigenvalue weighted by atomic mass is 10.2. The van der Waals surface area contributed by atoms with Gasteiger partial charge in [-0.2, -0.15) is 0 Å². The first-order chi connectivity index (χ1) is 8.13. The van der Waals surface area contributed by atoms with Crippen LogP contribution in [-0.4, -0.2) is 29.3 Å². The summed E-state index contributed by atoms with van der Waals surface area (Å²) >= 11 is 1.61. The van der Waals surface area contributed by atoms with E-state index in [-0.39, 0.29) is 5.91 Å². The molecule has 1 aliphatic rings. The lowest BCUT2D eigenvalue weighted by Crippen LogP contribution is -2.38. The minimum atomic E-state index is -0.940. The van der Waals surface area contributed by atoms with Crippen LogP contribution >= 0.6 is 11.8 Å². The Kier molecular flexibility index (Phi) is 3.38. The Balaban J connectivity index is 2.29. The Morgan fingerprint density at radius 3 is 2.59 bits per heavy atom. The van der Waals surface area contributed by atoms with Gasteiger partial charge in [0.15, 0.2) is 0 Å². The summed E-state index contributed by atoms with van der Waals surface area (Å²) in [6.07, 6.45) is 2.66. The van der Waals surface area contributed by atoms with Gasteiger partial charge in [0.25, 0.3) is 0 Å². The van der Waals surface area contributed by atoms with E-state index in [4.69, 9.17) is 5.11 Å². The summed E-state index contributed by atoms with van der Waals surface area (Å²) in [6, 6.07) is 6.66. The van der Waals surface area contributed by atoms with Gasteiger partial charge in [0.2, 0.25) is 5.91 Å². The molecule has 0 bridgehead atoms. The molecule has 1 fully saturated rings. The second-order valence-corrected chi connectivity index (χ2v) is 4.73. The van der Waals surface area contributed by atoms with E-state index in [1.54, 1.807) is 23.9 Å². The zero-order valence-electron chi connectivity index (χ0n) is 9.42. The Hall–Kier alpha value is -1.49. The van der Waals surface area contributed by atoms with Gasteiger partial charge in [0.05, 0.1) is 0 Å². The highest BCUT2D eigenvalue weighted by Crippen LogP contribution is 2.28. The van der Waals surface area contributed by atoms with Crippen molar-refractivity contribution in [3.8, 4) is 0 Å². The zero-order chi connectivity index (χ0) is 12.4. The fourth-order valence-corrected chi connectivity index (χ4v) is 2.39. The molecule has 1 saturated heterocycles. The van der Waals surface area contributed by atoms with Gasteiger partial charge in [0.1, 0.15) is 6.04 Å². The Morgan fingerprint density at radius 2 is 2.06 bits per heavy atom. The second-order valence-electron chi connectivity index (χ2n) is 3.85. The molecule has 0 radical (unpaired) electrons. The van der Waals surface area contributed by atoms with Crippen LogP contribution in [0.25, 0.3) is 0 Å². The number of carboxylic acid groups (broad SMARTS) is 1. The molecule has 1 N–H and O–H groups in total. The number of rotatable bonds is 3. The van der Waals surface area contributed by atoms with E-state index in [0.717, 1.165) is 4.90 Å². The van der Waals surface area contributed by atoms with E-state index >= 15 is 0 Å². The van der Waals surface area contributed by atoms with Crippen molar-refractivity contribution < 1.29 is 14.7 Å². The smallest absolute Gasteiger partial charge is 0.326 e. The average molecular weight is 251 g/mol. The third kappa shape index (κ3) is 2.29. The van der Waals surface area contributed by atoms with Crippen molar-refractivity contribution in [2.45, 2.75) is 23.8 Å². The summed E-state index contributed by atoms with van der Waals surface area (Å²) in [5.41, 5.74) is 0.665. The molecule has 0 aromatic heterocycles. The van der Waals surface area contributed by atoms with Crippen molar-refractivity contribution in [3.63, 3.8) is 0 Å². The molecular formula is C12H13NO3S. The Morgan fingerprint density at radius 1 is 1.41 bits per heavy atom. The van der Waals surface area contributed by atoms with Crippen LogP contribution < -0.4 is 4.90 Å². The summed E-state index contributed by atoms with van der Waals surface area (Å²) in [7, 11) is 0. The summed E-state index contributed by atoms with van der Waals surface area (Å²) in [4.78, 5) is 25.2. The molecule has 1 atom stereocenters. The van der Waals surface area contributed by atoms with Gasteiger partial charge in [-0.25, -0.2) is 4.79 Å². The maximum atomic E-state index is 11.7. The number of carboxylic acids is 1. The fraction of sp³-hybridized carbons (Fsp3) is 0.333. The SMILES string of the molecule is CSc1ccc(N2C(=O)CC[C@H]2C(=O)O)cc1. The van der Waals surface area contributed by atoms with Gasteiger partial charge in [-0.3, -0.25) is 9.69 Å². The molecule has 1 amide bonds. The van der Waals surface area contributed by atoms with Crippen LogP contribution in [0.5, 0.6) is 0 Å². The first-order valence-corrected chi connectivity index (χ1v) is 6.55. The largest absolute Gasteiger partial charge is 0.480 e. The van der Waals surface area contributed by atoms with E-state index in [0.29, 0.717) is 18.5 Å². The maximum absolute atomic E-state index is 11.7. The van der Waals surface area contributed by atoms with E-state index in [1.807, 2.05) is 18.4 Å². The number of benzene rings is 1. The van der Waals surface area contributed by atoms with Crippen molar-refractivity contribution >= 4 is 29.3 Å². The maximum Gasteiger partial charge on any atom is 0.326 e. The monoisotopic (exact) mass is 251 g/mol. The highest BCUT2D eigenvalue weighted by molar-refractivity contribution is 7.98. The van der Waals surface area contributed by atoms with E-state index in [9.17, 15) is 9.59 Å². The third-order valence-electron chi connectivity index (χ3n) is 2.85. The molecule has 0 saturated carbocycles. The molecule has 0 unspecified atom stereocenters. The van der Waals surface area contributed by atoms with Crippen molar-refractivity contribution in [1.82, 2.24) is 0 Å². The molecule has 1 aliphatic heterocycles. The van der Waals surface area contributed by atoms with Crippen LogP contribution in [0, 0.1) is 0 Å². The van der Waals surface area contributed by atoms with E-state index in [1.165, 1.54) is 4.90 Å². The summed E-state index contributed by atoms with van der Waals surface area (Å²) in [5.74, 6) is -1.06.